The molecule has 3 rings (SSSR count). The number of halogens is 4. The molecule has 2 aromatic heterocycles. The monoisotopic (exact) mass is 340 g/mol. The van der Waals surface area contributed by atoms with E-state index in [4.69, 9.17) is 16.3 Å². The number of benzene rings is 1. The first-order valence-electron chi connectivity index (χ1n) is 6.15. The van der Waals surface area contributed by atoms with E-state index >= 15 is 0 Å². The minimum atomic E-state index is -4.70. The molecule has 0 saturated heterocycles. The third kappa shape index (κ3) is 3.42. The van der Waals surface area contributed by atoms with Crippen molar-refractivity contribution >= 4 is 11.6 Å². The molecule has 3 aromatic rings. The van der Waals surface area contributed by atoms with Gasteiger partial charge in [-0.3, -0.25) is 0 Å². The molecular formula is C14H6ClF3N3O2. The fourth-order valence-corrected chi connectivity index (χ4v) is 1.82. The van der Waals surface area contributed by atoms with Gasteiger partial charge in [0.15, 0.2) is 10.9 Å². The number of nitrogens with zero attached hydrogens (tertiary/aromatic N) is 3. The summed E-state index contributed by atoms with van der Waals surface area (Å²) in [5.41, 5.74) is 0.276. The molecule has 0 bridgehead atoms. The number of pyridine rings is 1. The first kappa shape index (κ1) is 15.3. The maximum absolute atomic E-state index is 12.5. The smallest absolute Gasteiger partial charge is 0.453 e. The van der Waals surface area contributed by atoms with Crippen LogP contribution in [0.4, 0.5) is 13.2 Å². The van der Waals surface area contributed by atoms with E-state index in [1.807, 2.05) is 0 Å². The van der Waals surface area contributed by atoms with Gasteiger partial charge in [-0.2, -0.15) is 18.2 Å². The Morgan fingerprint density at radius 2 is 2.09 bits per heavy atom. The number of rotatable bonds is 3. The highest BCUT2D eigenvalue weighted by atomic mass is 35.5. The highest BCUT2D eigenvalue weighted by molar-refractivity contribution is 6.30. The van der Waals surface area contributed by atoms with Gasteiger partial charge in [-0.05, 0) is 24.3 Å². The Morgan fingerprint density at radius 1 is 1.26 bits per heavy atom. The molecule has 0 aliphatic rings. The Balaban J connectivity index is 1.88. The van der Waals surface area contributed by atoms with Crippen molar-refractivity contribution in [1.29, 1.82) is 0 Å². The molecule has 1 radical (unpaired) electrons. The van der Waals surface area contributed by atoms with E-state index in [0.29, 0.717) is 0 Å². The van der Waals surface area contributed by atoms with Crippen LogP contribution in [-0.4, -0.2) is 15.1 Å². The van der Waals surface area contributed by atoms with Gasteiger partial charge in [0, 0.05) is 17.8 Å². The van der Waals surface area contributed by atoms with Gasteiger partial charge in [0.2, 0.25) is 5.82 Å². The SMILES string of the molecule is FC(F)(F)c1nc(-c2cc[c]c(Oc3cccnc3Cl)c2)no1. The van der Waals surface area contributed by atoms with Crippen LogP contribution >= 0.6 is 11.6 Å². The molecule has 1 aromatic carbocycles. The topological polar surface area (TPSA) is 61.0 Å². The first-order chi connectivity index (χ1) is 10.9. The minimum absolute atomic E-state index is 0.144. The standard InChI is InChI=1S/C14H6ClF3N3O2/c15-11-10(5-2-6-19-11)22-9-4-1-3-8(7-9)12-20-13(23-21-12)14(16,17)18/h1-3,5-7H. The normalized spacial score (nSPS) is 11.5. The molecule has 0 N–H and O–H groups in total. The average molecular weight is 341 g/mol. The fraction of sp³-hybridized carbons (Fsp3) is 0.0714. The number of alkyl halides is 3. The summed E-state index contributed by atoms with van der Waals surface area (Å²) in [6, 6.07) is 10.3. The van der Waals surface area contributed by atoms with E-state index in [9.17, 15) is 13.2 Å². The highest BCUT2D eigenvalue weighted by Crippen LogP contribution is 2.31. The molecule has 0 saturated carbocycles. The summed E-state index contributed by atoms with van der Waals surface area (Å²) in [5.74, 6) is -1.13. The molecule has 0 unspecified atom stereocenters. The summed E-state index contributed by atoms with van der Waals surface area (Å²) in [6.45, 7) is 0. The van der Waals surface area contributed by atoms with E-state index in [1.165, 1.54) is 24.4 Å². The van der Waals surface area contributed by atoms with Gasteiger partial charge in [-0.25, -0.2) is 4.98 Å². The zero-order chi connectivity index (χ0) is 16.4. The zero-order valence-corrected chi connectivity index (χ0v) is 11.9. The quantitative estimate of drug-likeness (QED) is 0.661. The molecule has 0 amide bonds. The molecule has 0 atom stereocenters. The van der Waals surface area contributed by atoms with Crippen molar-refractivity contribution in [2.75, 3.05) is 0 Å². The second kappa shape index (κ2) is 5.88. The van der Waals surface area contributed by atoms with Crippen molar-refractivity contribution in [1.82, 2.24) is 15.1 Å². The predicted molar refractivity (Wildman–Crippen MR) is 72.9 cm³/mol. The van der Waals surface area contributed by atoms with Gasteiger partial charge in [0.05, 0.1) is 0 Å². The molecule has 2 heterocycles. The van der Waals surface area contributed by atoms with Crippen LogP contribution in [0.5, 0.6) is 11.5 Å². The van der Waals surface area contributed by atoms with Crippen molar-refractivity contribution in [3.8, 4) is 22.9 Å². The van der Waals surface area contributed by atoms with Gasteiger partial charge in [-0.15, -0.1) is 0 Å². The summed E-state index contributed by atoms with van der Waals surface area (Å²) in [4.78, 5) is 7.15. The molecule has 23 heavy (non-hydrogen) atoms. The van der Waals surface area contributed by atoms with E-state index in [2.05, 4.69) is 25.7 Å². The van der Waals surface area contributed by atoms with Gasteiger partial charge < -0.3 is 9.26 Å². The second-order valence-corrected chi connectivity index (χ2v) is 4.61. The maximum atomic E-state index is 12.5. The molecule has 0 spiro atoms. The van der Waals surface area contributed by atoms with Crippen LogP contribution in [0.2, 0.25) is 5.15 Å². The molecule has 9 heteroatoms. The van der Waals surface area contributed by atoms with E-state index in [0.717, 1.165) is 0 Å². The summed E-state index contributed by atoms with van der Waals surface area (Å²) in [6.07, 6.45) is -3.21. The van der Waals surface area contributed by atoms with Crippen LogP contribution in [0.3, 0.4) is 0 Å². The number of hydrogen-bond donors (Lipinski definition) is 0. The summed E-state index contributed by atoms with van der Waals surface area (Å²) in [5, 5.41) is 3.45. The van der Waals surface area contributed by atoms with Crippen LogP contribution in [-0.2, 0) is 6.18 Å². The Labute approximate surface area is 132 Å². The summed E-state index contributed by atoms with van der Waals surface area (Å²) >= 11 is 5.87. The van der Waals surface area contributed by atoms with E-state index in [1.54, 1.807) is 12.1 Å². The molecule has 0 aliphatic heterocycles. The van der Waals surface area contributed by atoms with Crippen LogP contribution < -0.4 is 4.74 Å². The second-order valence-electron chi connectivity index (χ2n) is 4.26. The number of ether oxygens (including phenoxy) is 1. The van der Waals surface area contributed by atoms with Gasteiger partial charge in [0.1, 0.15) is 5.75 Å². The third-order valence-corrected chi connectivity index (χ3v) is 2.93. The highest BCUT2D eigenvalue weighted by Gasteiger charge is 2.38. The molecule has 0 fully saturated rings. The number of aromatic nitrogens is 3. The van der Waals surface area contributed by atoms with Gasteiger partial charge in [0.25, 0.3) is 0 Å². The predicted octanol–water partition coefficient (Wildman–Crippen LogP) is 4.40. The lowest BCUT2D eigenvalue weighted by Crippen LogP contribution is -2.04. The molecule has 5 nitrogen and oxygen atoms in total. The number of hydrogen-bond acceptors (Lipinski definition) is 5. The first-order valence-corrected chi connectivity index (χ1v) is 6.52. The van der Waals surface area contributed by atoms with Crippen LogP contribution in [0.1, 0.15) is 5.89 Å². The van der Waals surface area contributed by atoms with Crippen molar-refractivity contribution in [2.24, 2.45) is 0 Å². The maximum Gasteiger partial charge on any atom is 0.471 e. The molecule has 117 valence electrons. The Kier molecular flexibility index (Phi) is 3.91. The summed E-state index contributed by atoms with van der Waals surface area (Å²) < 4.78 is 47.1. The van der Waals surface area contributed by atoms with Crippen LogP contribution in [0, 0.1) is 6.07 Å². The van der Waals surface area contributed by atoms with Crippen molar-refractivity contribution in [2.45, 2.75) is 6.18 Å². The molecular weight excluding hydrogens is 335 g/mol. The van der Waals surface area contributed by atoms with Crippen molar-refractivity contribution in [3.05, 3.63) is 53.6 Å². The minimum Gasteiger partial charge on any atom is -0.453 e. The van der Waals surface area contributed by atoms with Crippen LogP contribution in [0.25, 0.3) is 11.4 Å². The summed E-state index contributed by atoms with van der Waals surface area (Å²) in [7, 11) is 0. The lowest BCUT2D eigenvalue weighted by Gasteiger charge is -2.06. The lowest BCUT2D eigenvalue weighted by atomic mass is 10.2. The van der Waals surface area contributed by atoms with E-state index in [-0.39, 0.29) is 28.0 Å². The van der Waals surface area contributed by atoms with Crippen molar-refractivity contribution < 1.29 is 22.4 Å². The Hall–Kier alpha value is -2.61. The fourth-order valence-electron chi connectivity index (χ4n) is 1.66. The lowest BCUT2D eigenvalue weighted by molar-refractivity contribution is -0.159. The Bertz CT molecular complexity index is 836. The average Bonchev–Trinajstić information content (AvgIpc) is 3.00. The van der Waals surface area contributed by atoms with Crippen molar-refractivity contribution in [3.63, 3.8) is 0 Å². The zero-order valence-electron chi connectivity index (χ0n) is 11.1. The Morgan fingerprint density at radius 3 is 2.78 bits per heavy atom. The van der Waals surface area contributed by atoms with E-state index < -0.39 is 12.1 Å². The van der Waals surface area contributed by atoms with Gasteiger partial charge in [-0.1, -0.05) is 22.8 Å². The van der Waals surface area contributed by atoms with Crippen LogP contribution in [0.15, 0.2) is 41.1 Å². The molecule has 0 aliphatic carbocycles. The third-order valence-electron chi connectivity index (χ3n) is 2.65. The van der Waals surface area contributed by atoms with Gasteiger partial charge >= 0.3 is 12.1 Å². The largest absolute Gasteiger partial charge is 0.471 e.